The van der Waals surface area contributed by atoms with Crippen LogP contribution in [0, 0.1) is 0 Å². The molecule has 1 aliphatic heterocycles. The minimum atomic E-state index is -0.0343. The summed E-state index contributed by atoms with van der Waals surface area (Å²) in [5, 5.41) is 4.36. The number of hydrogen-bond donors (Lipinski definition) is 0. The van der Waals surface area contributed by atoms with E-state index in [9.17, 15) is 0 Å². The van der Waals surface area contributed by atoms with Gasteiger partial charge in [-0.15, -0.1) is 22.7 Å². The van der Waals surface area contributed by atoms with Crippen LogP contribution in [0.3, 0.4) is 0 Å². The molecule has 0 spiro atoms. The molecule has 3 heterocycles. The Bertz CT molecular complexity index is 1680. The van der Waals surface area contributed by atoms with Gasteiger partial charge in [0.25, 0.3) is 0 Å². The maximum absolute atomic E-state index is 2.54. The quantitative estimate of drug-likeness (QED) is 0.178. The van der Waals surface area contributed by atoms with Crippen molar-refractivity contribution in [3.05, 3.63) is 111 Å². The summed E-state index contributed by atoms with van der Waals surface area (Å²) < 4.78 is 0. The van der Waals surface area contributed by atoms with Crippen LogP contribution >= 0.6 is 22.7 Å². The van der Waals surface area contributed by atoms with Gasteiger partial charge in [-0.2, -0.15) is 0 Å². The minimum Gasteiger partial charge on any atom is -0.144 e. The highest BCUT2D eigenvalue weighted by molar-refractivity contribution is 7.13. The summed E-state index contributed by atoms with van der Waals surface area (Å²) in [7, 11) is 0. The van der Waals surface area contributed by atoms with Crippen LogP contribution in [0.25, 0.3) is 33.0 Å². The second kappa shape index (κ2) is 10.8. The molecule has 0 radical (unpaired) electrons. The van der Waals surface area contributed by atoms with Crippen LogP contribution in [0.2, 0.25) is 0 Å². The fraction of sp³-hybridized carbons (Fsp3) is 0.300. The zero-order chi connectivity index (χ0) is 30.7. The number of benzene rings is 3. The fourth-order valence-electron chi connectivity index (χ4n) is 6.44. The molecule has 0 nitrogen and oxygen atoms in total. The monoisotopic (exact) mass is 598 g/mol. The van der Waals surface area contributed by atoms with E-state index in [-0.39, 0.29) is 23.0 Å². The molecule has 0 bridgehead atoms. The molecule has 0 fully saturated rings. The van der Waals surface area contributed by atoms with E-state index in [1.165, 1.54) is 65.1 Å². The molecule has 0 saturated heterocycles. The highest BCUT2D eigenvalue weighted by atomic mass is 32.1. The number of thiophene rings is 2. The van der Waals surface area contributed by atoms with Gasteiger partial charge < -0.3 is 0 Å². The molecule has 0 N–H and O–H groups in total. The van der Waals surface area contributed by atoms with Gasteiger partial charge in [-0.05, 0) is 78.1 Å². The summed E-state index contributed by atoms with van der Waals surface area (Å²) in [6, 6.07) is 28.1. The van der Waals surface area contributed by atoms with Crippen molar-refractivity contribution in [3.63, 3.8) is 0 Å². The molecular formula is C40H43BS2. The summed E-state index contributed by atoms with van der Waals surface area (Å²) in [5.41, 5.74) is 13.8. The molecule has 0 unspecified atom stereocenters. The lowest BCUT2D eigenvalue weighted by atomic mass is 9.33. The highest BCUT2D eigenvalue weighted by Crippen LogP contribution is 2.35. The second-order valence-corrected chi connectivity index (χ2v) is 17.0. The van der Waals surface area contributed by atoms with Crippen LogP contribution in [0.15, 0.2) is 83.6 Å². The lowest BCUT2D eigenvalue weighted by molar-refractivity contribution is 0.553. The van der Waals surface area contributed by atoms with E-state index >= 15 is 0 Å². The van der Waals surface area contributed by atoms with E-state index in [2.05, 4.69) is 158 Å². The van der Waals surface area contributed by atoms with Gasteiger partial charge in [0.1, 0.15) is 0 Å². The molecule has 3 aromatic carbocycles. The third kappa shape index (κ3) is 5.75. The van der Waals surface area contributed by atoms with E-state index in [0.717, 1.165) is 0 Å². The van der Waals surface area contributed by atoms with Crippen LogP contribution in [0.1, 0.15) is 90.1 Å². The molecule has 43 heavy (non-hydrogen) atoms. The summed E-state index contributed by atoms with van der Waals surface area (Å²) in [5.74, 6) is 0. The Hall–Kier alpha value is -3.14. The first kappa shape index (κ1) is 29.9. The molecule has 1 aliphatic rings. The van der Waals surface area contributed by atoms with Crippen molar-refractivity contribution in [2.75, 3.05) is 0 Å². The summed E-state index contributed by atoms with van der Waals surface area (Å²) in [6.07, 6.45) is 4.68. The van der Waals surface area contributed by atoms with Crippen LogP contribution in [-0.2, 0) is 16.2 Å². The van der Waals surface area contributed by atoms with Crippen LogP contribution in [0.5, 0.6) is 0 Å². The first-order valence-corrected chi connectivity index (χ1v) is 17.2. The summed E-state index contributed by atoms with van der Waals surface area (Å²) >= 11 is 3.64. The molecule has 6 rings (SSSR count). The molecule has 0 amide bonds. The average Bonchev–Trinajstić information content (AvgIpc) is 3.64. The van der Waals surface area contributed by atoms with Gasteiger partial charge in [-0.3, -0.25) is 0 Å². The van der Waals surface area contributed by atoms with Gasteiger partial charge in [0.2, 0.25) is 6.71 Å². The van der Waals surface area contributed by atoms with E-state index in [0.29, 0.717) is 0 Å². The lowest BCUT2D eigenvalue weighted by Crippen LogP contribution is -2.58. The Labute approximate surface area is 267 Å². The van der Waals surface area contributed by atoms with Crippen molar-refractivity contribution >= 4 is 57.9 Å². The molecule has 3 heteroatoms. The fourth-order valence-corrected chi connectivity index (χ4v) is 7.89. The maximum Gasteiger partial charge on any atom is 0.243 e. The number of rotatable bonds is 3. The minimum absolute atomic E-state index is 0.0343. The predicted octanol–water partition coefficient (Wildman–Crippen LogP) is 10.0. The van der Waals surface area contributed by atoms with Crippen molar-refractivity contribution in [2.45, 2.75) is 78.6 Å². The molecule has 0 atom stereocenters. The molecule has 0 saturated carbocycles. The molecular weight excluding hydrogens is 555 g/mol. The maximum atomic E-state index is 2.54. The Morgan fingerprint density at radius 2 is 0.953 bits per heavy atom. The highest BCUT2D eigenvalue weighted by Gasteiger charge is 2.38. The zero-order valence-electron chi connectivity index (χ0n) is 27.1. The van der Waals surface area contributed by atoms with Gasteiger partial charge in [0.15, 0.2) is 0 Å². The third-order valence-electron chi connectivity index (χ3n) is 8.80. The van der Waals surface area contributed by atoms with Gasteiger partial charge in [-0.1, -0.05) is 152 Å². The van der Waals surface area contributed by atoms with E-state index in [1.807, 2.05) is 22.7 Å². The van der Waals surface area contributed by atoms with Crippen molar-refractivity contribution in [2.24, 2.45) is 0 Å². The van der Waals surface area contributed by atoms with Crippen molar-refractivity contribution in [1.29, 1.82) is 0 Å². The van der Waals surface area contributed by atoms with Gasteiger partial charge in [-0.25, -0.2) is 0 Å². The Morgan fingerprint density at radius 1 is 0.512 bits per heavy atom. The average molecular weight is 599 g/mol. The van der Waals surface area contributed by atoms with E-state index in [1.54, 1.807) is 0 Å². The Morgan fingerprint density at radius 3 is 1.30 bits per heavy atom. The zero-order valence-corrected chi connectivity index (χ0v) is 28.8. The van der Waals surface area contributed by atoms with Crippen molar-refractivity contribution in [1.82, 2.24) is 0 Å². The standard InChI is InChI=1S/C40H43BS2/c1-38(2,3)30-24-31(39(4,5)6)37(32(25-30)40(7,8)9)41-33-22-28(35-12-10-20-42-35)18-16-26(33)14-15-27-17-19-29(23-34(27)41)36-13-11-21-43-36/h10-25H,1-9H3. The topological polar surface area (TPSA) is 0 Å². The first-order chi connectivity index (χ1) is 20.2. The van der Waals surface area contributed by atoms with Gasteiger partial charge >= 0.3 is 0 Å². The van der Waals surface area contributed by atoms with E-state index < -0.39 is 0 Å². The lowest BCUT2D eigenvalue weighted by Gasteiger charge is -2.36. The molecule has 2 aromatic heterocycles. The summed E-state index contributed by atoms with van der Waals surface area (Å²) in [4.78, 5) is 2.63. The number of hydrogen-bond acceptors (Lipinski definition) is 2. The van der Waals surface area contributed by atoms with Gasteiger partial charge in [0, 0.05) is 9.75 Å². The van der Waals surface area contributed by atoms with Gasteiger partial charge in [0.05, 0.1) is 0 Å². The largest absolute Gasteiger partial charge is 0.243 e. The summed E-state index contributed by atoms with van der Waals surface area (Å²) in [6.45, 7) is 21.5. The van der Waals surface area contributed by atoms with Crippen LogP contribution in [0.4, 0.5) is 0 Å². The normalized spacial score (nSPS) is 13.6. The van der Waals surface area contributed by atoms with Crippen molar-refractivity contribution < 1.29 is 0 Å². The first-order valence-electron chi connectivity index (χ1n) is 15.4. The molecule has 5 aromatic rings. The molecule has 218 valence electrons. The van der Waals surface area contributed by atoms with Crippen LogP contribution in [-0.4, -0.2) is 6.71 Å². The number of fused-ring (bicyclic) bond motifs is 2. The predicted molar refractivity (Wildman–Crippen MR) is 196 cm³/mol. The molecule has 0 aliphatic carbocycles. The second-order valence-electron chi connectivity index (χ2n) is 15.1. The third-order valence-corrected chi connectivity index (χ3v) is 10.6. The SMILES string of the molecule is CC(C)(C)c1cc(C(C)(C)C)c(B2c3cc(-c4cccs4)ccc3C=Cc3ccc(-c4cccs4)cc32)c(C(C)(C)C)c1. The van der Waals surface area contributed by atoms with E-state index in [4.69, 9.17) is 0 Å². The van der Waals surface area contributed by atoms with Crippen molar-refractivity contribution in [3.8, 4) is 20.9 Å². The Kier molecular flexibility index (Phi) is 7.51. The van der Waals surface area contributed by atoms with Crippen LogP contribution < -0.4 is 16.4 Å². The Balaban J connectivity index is 1.76. The smallest absolute Gasteiger partial charge is 0.144 e.